The van der Waals surface area contributed by atoms with Crippen LogP contribution in [0.1, 0.15) is 29.6 Å². The minimum Gasteiger partial charge on any atom is -0.391 e. The molecule has 1 aromatic carbocycles. The molecule has 2 rings (SSSR count). The van der Waals surface area contributed by atoms with Gasteiger partial charge >= 0.3 is 0 Å². The zero-order chi connectivity index (χ0) is 14.5. The zero-order valence-corrected chi connectivity index (χ0v) is 12.5. The highest BCUT2D eigenvalue weighted by Crippen LogP contribution is 2.18. The lowest BCUT2D eigenvalue weighted by Crippen LogP contribution is -2.44. The van der Waals surface area contributed by atoms with Gasteiger partial charge in [-0.1, -0.05) is 15.9 Å². The molecular weight excluding hydrogens is 324 g/mol. The molecule has 0 saturated heterocycles. The van der Waals surface area contributed by atoms with Crippen LogP contribution in [0.2, 0.25) is 0 Å². The van der Waals surface area contributed by atoms with Gasteiger partial charge in [-0.2, -0.15) is 0 Å². The van der Waals surface area contributed by atoms with Crippen molar-refractivity contribution in [3.05, 3.63) is 34.3 Å². The maximum Gasteiger partial charge on any atom is 0.251 e. The number of carbonyl (C=O) groups excluding carboxylic acids is 2. The Balaban J connectivity index is 1.78. The molecule has 1 aliphatic carbocycles. The second-order valence-corrected chi connectivity index (χ2v) is 5.78. The lowest BCUT2D eigenvalue weighted by atomic mass is 10.2. The van der Waals surface area contributed by atoms with Crippen LogP contribution in [0.15, 0.2) is 28.7 Å². The third-order valence-corrected chi connectivity index (χ3v) is 3.87. The molecular formula is C14H17BrN2O3. The molecule has 1 saturated carbocycles. The predicted molar refractivity (Wildman–Crippen MR) is 78.3 cm³/mol. The minimum atomic E-state index is -0.471. The van der Waals surface area contributed by atoms with Crippen molar-refractivity contribution in [2.75, 3.05) is 6.54 Å². The molecule has 0 heterocycles. The van der Waals surface area contributed by atoms with Crippen LogP contribution in [0.3, 0.4) is 0 Å². The Bertz CT molecular complexity index is 490. The van der Waals surface area contributed by atoms with Crippen molar-refractivity contribution in [1.82, 2.24) is 10.6 Å². The van der Waals surface area contributed by atoms with E-state index >= 15 is 0 Å². The van der Waals surface area contributed by atoms with E-state index in [9.17, 15) is 14.7 Å². The summed E-state index contributed by atoms with van der Waals surface area (Å²) in [6.07, 6.45) is 1.95. The standard InChI is InChI=1S/C14H17BrN2O3/c15-10-6-4-9(5-7-10)14(20)16-8-13(19)17-11-2-1-3-12(11)18/h4-7,11-12,18H,1-3,8H2,(H,16,20)(H,17,19). The van der Waals surface area contributed by atoms with Gasteiger partial charge in [0.25, 0.3) is 5.91 Å². The summed E-state index contributed by atoms with van der Waals surface area (Å²) in [5.41, 5.74) is 0.502. The zero-order valence-electron chi connectivity index (χ0n) is 10.9. The number of amides is 2. The van der Waals surface area contributed by atoms with E-state index in [-0.39, 0.29) is 24.4 Å². The van der Waals surface area contributed by atoms with Crippen molar-refractivity contribution in [2.24, 2.45) is 0 Å². The Kier molecular flexibility index (Phi) is 5.14. The van der Waals surface area contributed by atoms with E-state index in [4.69, 9.17) is 0 Å². The second kappa shape index (κ2) is 6.85. The highest BCUT2D eigenvalue weighted by Gasteiger charge is 2.26. The van der Waals surface area contributed by atoms with Crippen molar-refractivity contribution in [3.63, 3.8) is 0 Å². The molecule has 5 nitrogen and oxygen atoms in total. The molecule has 0 radical (unpaired) electrons. The third kappa shape index (κ3) is 4.05. The number of aliphatic hydroxyl groups is 1. The summed E-state index contributed by atoms with van der Waals surface area (Å²) in [4.78, 5) is 23.5. The summed E-state index contributed by atoms with van der Waals surface area (Å²) >= 11 is 3.29. The van der Waals surface area contributed by atoms with E-state index in [1.54, 1.807) is 24.3 Å². The van der Waals surface area contributed by atoms with Crippen LogP contribution in [0.4, 0.5) is 0 Å². The van der Waals surface area contributed by atoms with Crippen LogP contribution in [-0.4, -0.2) is 35.6 Å². The smallest absolute Gasteiger partial charge is 0.251 e. The molecule has 20 heavy (non-hydrogen) atoms. The number of hydrogen-bond donors (Lipinski definition) is 3. The Labute approximate surface area is 125 Å². The fourth-order valence-corrected chi connectivity index (χ4v) is 2.49. The van der Waals surface area contributed by atoms with Crippen LogP contribution in [0, 0.1) is 0 Å². The SMILES string of the molecule is O=C(CNC(=O)c1ccc(Br)cc1)NC1CCCC1O. The second-order valence-electron chi connectivity index (χ2n) is 4.86. The highest BCUT2D eigenvalue weighted by atomic mass is 79.9. The summed E-state index contributed by atoms with van der Waals surface area (Å²) in [5.74, 6) is -0.568. The molecule has 108 valence electrons. The third-order valence-electron chi connectivity index (χ3n) is 3.34. The highest BCUT2D eigenvalue weighted by molar-refractivity contribution is 9.10. The van der Waals surface area contributed by atoms with E-state index < -0.39 is 6.10 Å². The molecule has 0 aliphatic heterocycles. The molecule has 2 amide bonds. The topological polar surface area (TPSA) is 78.4 Å². The normalized spacial score (nSPS) is 21.5. The first-order valence-corrected chi connectivity index (χ1v) is 7.37. The Morgan fingerprint density at radius 3 is 2.55 bits per heavy atom. The van der Waals surface area contributed by atoms with Crippen LogP contribution in [0.5, 0.6) is 0 Å². The summed E-state index contributed by atoms with van der Waals surface area (Å²) in [7, 11) is 0. The number of halogens is 1. The molecule has 1 fully saturated rings. The van der Waals surface area contributed by atoms with Crippen molar-refractivity contribution < 1.29 is 14.7 Å². The number of aliphatic hydroxyl groups excluding tert-OH is 1. The van der Waals surface area contributed by atoms with Crippen LogP contribution >= 0.6 is 15.9 Å². The first-order chi connectivity index (χ1) is 9.56. The number of hydrogen-bond acceptors (Lipinski definition) is 3. The molecule has 0 aromatic heterocycles. The van der Waals surface area contributed by atoms with Crippen molar-refractivity contribution in [3.8, 4) is 0 Å². The van der Waals surface area contributed by atoms with E-state index in [2.05, 4.69) is 26.6 Å². The Morgan fingerprint density at radius 2 is 1.95 bits per heavy atom. The van der Waals surface area contributed by atoms with Crippen LogP contribution < -0.4 is 10.6 Å². The van der Waals surface area contributed by atoms with Crippen LogP contribution in [0.25, 0.3) is 0 Å². The van der Waals surface area contributed by atoms with Crippen molar-refractivity contribution in [1.29, 1.82) is 0 Å². The fraction of sp³-hybridized carbons (Fsp3) is 0.429. The van der Waals surface area contributed by atoms with Gasteiger partial charge in [0, 0.05) is 10.0 Å². The van der Waals surface area contributed by atoms with Gasteiger partial charge in [-0.3, -0.25) is 9.59 Å². The minimum absolute atomic E-state index is 0.0852. The lowest BCUT2D eigenvalue weighted by molar-refractivity contribution is -0.121. The molecule has 1 aromatic rings. The average molecular weight is 341 g/mol. The predicted octanol–water partition coefficient (Wildman–Crippen LogP) is 1.21. The molecule has 0 bridgehead atoms. The molecule has 3 N–H and O–H groups in total. The Hall–Kier alpha value is -1.40. The molecule has 2 unspecified atom stereocenters. The molecule has 0 spiro atoms. The van der Waals surface area contributed by atoms with Gasteiger partial charge in [-0.15, -0.1) is 0 Å². The maximum atomic E-state index is 11.8. The van der Waals surface area contributed by atoms with Gasteiger partial charge in [-0.25, -0.2) is 0 Å². The summed E-state index contributed by atoms with van der Waals surface area (Å²) in [6.45, 7) is -0.0852. The van der Waals surface area contributed by atoms with E-state index in [1.807, 2.05) is 0 Å². The quantitative estimate of drug-likeness (QED) is 0.770. The largest absolute Gasteiger partial charge is 0.391 e. The van der Waals surface area contributed by atoms with Gasteiger partial charge in [0.05, 0.1) is 18.7 Å². The van der Waals surface area contributed by atoms with E-state index in [0.717, 1.165) is 23.7 Å². The van der Waals surface area contributed by atoms with Crippen LogP contribution in [-0.2, 0) is 4.79 Å². The lowest BCUT2D eigenvalue weighted by Gasteiger charge is -2.16. The van der Waals surface area contributed by atoms with Crippen molar-refractivity contribution >= 4 is 27.7 Å². The summed E-state index contributed by atoms with van der Waals surface area (Å²) in [6, 6.07) is 6.70. The molecule has 6 heteroatoms. The van der Waals surface area contributed by atoms with E-state index in [1.165, 1.54) is 0 Å². The first-order valence-electron chi connectivity index (χ1n) is 6.57. The molecule has 2 atom stereocenters. The van der Waals surface area contributed by atoms with Gasteiger partial charge in [0.15, 0.2) is 0 Å². The summed E-state index contributed by atoms with van der Waals surface area (Å²) in [5, 5.41) is 14.9. The number of rotatable bonds is 4. The fourth-order valence-electron chi connectivity index (χ4n) is 2.23. The first kappa shape index (κ1) is 15.0. The maximum absolute atomic E-state index is 11.8. The summed E-state index contributed by atoms with van der Waals surface area (Å²) < 4.78 is 0.891. The van der Waals surface area contributed by atoms with Gasteiger partial charge < -0.3 is 15.7 Å². The monoisotopic (exact) mass is 340 g/mol. The molecule has 1 aliphatic rings. The van der Waals surface area contributed by atoms with E-state index in [0.29, 0.717) is 5.56 Å². The Morgan fingerprint density at radius 1 is 1.25 bits per heavy atom. The van der Waals surface area contributed by atoms with Gasteiger partial charge in [0.2, 0.25) is 5.91 Å². The average Bonchev–Trinajstić information content (AvgIpc) is 2.82. The van der Waals surface area contributed by atoms with Gasteiger partial charge in [-0.05, 0) is 43.5 Å². The van der Waals surface area contributed by atoms with Gasteiger partial charge in [0.1, 0.15) is 0 Å². The number of nitrogens with one attached hydrogen (secondary N) is 2. The number of carbonyl (C=O) groups is 2. The van der Waals surface area contributed by atoms with Crippen molar-refractivity contribution in [2.45, 2.75) is 31.4 Å². The number of benzene rings is 1.